The number of methoxy groups -OCH3 is 1. The van der Waals surface area contributed by atoms with Gasteiger partial charge in [0, 0.05) is 29.7 Å². The van der Waals surface area contributed by atoms with Gasteiger partial charge in [-0.2, -0.15) is 0 Å². The Balaban J connectivity index is 2.00. The minimum Gasteiger partial charge on any atom is -0.497 e. The molecule has 1 aliphatic heterocycles. The van der Waals surface area contributed by atoms with Crippen LogP contribution in [0.4, 0.5) is 5.69 Å². The smallest absolute Gasteiger partial charge is 0.303 e. The minimum atomic E-state index is -0.866. The van der Waals surface area contributed by atoms with Gasteiger partial charge >= 0.3 is 5.97 Å². The van der Waals surface area contributed by atoms with Crippen molar-refractivity contribution in [1.29, 1.82) is 0 Å². The highest BCUT2D eigenvalue weighted by Gasteiger charge is 2.33. The highest BCUT2D eigenvalue weighted by Crippen LogP contribution is 2.34. The molecule has 0 spiro atoms. The molecule has 7 heteroatoms. The van der Waals surface area contributed by atoms with Gasteiger partial charge in [0.15, 0.2) is 6.10 Å². The molecule has 0 bridgehead atoms. The van der Waals surface area contributed by atoms with E-state index in [9.17, 15) is 9.59 Å². The summed E-state index contributed by atoms with van der Waals surface area (Å²) < 4.78 is 10.5. The number of ether oxygens (including phenoxy) is 2. The minimum absolute atomic E-state index is 0.243. The van der Waals surface area contributed by atoms with Crippen LogP contribution in [0.1, 0.15) is 32.3 Å². The van der Waals surface area contributed by atoms with Crippen LogP contribution in [-0.2, 0) is 19.1 Å². The molecule has 0 saturated heterocycles. The van der Waals surface area contributed by atoms with E-state index in [1.54, 1.807) is 31.1 Å². The SMILES string of the molecule is COC1=CCC=C(C2C=C(c3cc(Cl)ccc3N)CCN2C(=O)C(C)OC(C)=O)C=C1. The Kier molecular flexibility index (Phi) is 7.23. The second kappa shape index (κ2) is 9.88. The van der Waals surface area contributed by atoms with Crippen LogP contribution in [0.3, 0.4) is 0 Å². The lowest BCUT2D eigenvalue weighted by Gasteiger charge is -2.37. The van der Waals surface area contributed by atoms with E-state index in [0.717, 1.165) is 22.5 Å². The van der Waals surface area contributed by atoms with Gasteiger partial charge in [-0.1, -0.05) is 29.8 Å². The molecule has 2 atom stereocenters. The molecule has 164 valence electrons. The fourth-order valence-corrected chi connectivity index (χ4v) is 4.00. The number of nitrogen functional groups attached to an aromatic ring is 1. The van der Waals surface area contributed by atoms with E-state index in [2.05, 4.69) is 6.08 Å². The maximum atomic E-state index is 13.1. The summed E-state index contributed by atoms with van der Waals surface area (Å²) in [5, 5.41) is 0.603. The van der Waals surface area contributed by atoms with Gasteiger partial charge in [-0.3, -0.25) is 9.59 Å². The van der Waals surface area contributed by atoms with E-state index in [-0.39, 0.29) is 11.9 Å². The van der Waals surface area contributed by atoms with Crippen molar-refractivity contribution < 1.29 is 19.1 Å². The molecule has 6 nitrogen and oxygen atoms in total. The zero-order valence-electron chi connectivity index (χ0n) is 17.9. The predicted octanol–water partition coefficient (Wildman–Crippen LogP) is 4.27. The molecule has 2 unspecified atom stereocenters. The standard InChI is InChI=1S/C24H27ClN2O4/c1-15(31-16(2)28)24(29)27-12-11-18(21-14-19(25)8-10-22(21)26)13-23(27)17-5-4-6-20(30-3)9-7-17/h5-10,13-15,23H,4,11-12,26H2,1-3H3. The normalized spacial score (nSPS) is 19.5. The molecule has 0 saturated carbocycles. The first-order valence-electron chi connectivity index (χ1n) is 10.2. The van der Waals surface area contributed by atoms with Crippen molar-refractivity contribution in [2.45, 2.75) is 38.8 Å². The van der Waals surface area contributed by atoms with Gasteiger partial charge in [0.1, 0.15) is 5.76 Å². The quantitative estimate of drug-likeness (QED) is 0.543. The third-order valence-corrected chi connectivity index (χ3v) is 5.58. The third-order valence-electron chi connectivity index (χ3n) is 5.34. The molecule has 1 aromatic rings. The molecule has 1 heterocycles. The van der Waals surface area contributed by atoms with Crippen LogP contribution in [0.5, 0.6) is 0 Å². The van der Waals surface area contributed by atoms with Crippen LogP contribution in [0.25, 0.3) is 5.57 Å². The Morgan fingerprint density at radius 1 is 1.26 bits per heavy atom. The zero-order valence-corrected chi connectivity index (χ0v) is 18.7. The second-order valence-electron chi connectivity index (χ2n) is 7.49. The molecular formula is C24H27ClN2O4. The number of nitrogens with zero attached hydrogens (tertiary/aromatic N) is 1. The molecule has 31 heavy (non-hydrogen) atoms. The number of allylic oxidation sites excluding steroid dienone is 3. The lowest BCUT2D eigenvalue weighted by molar-refractivity contribution is -0.157. The highest BCUT2D eigenvalue weighted by atomic mass is 35.5. The Morgan fingerprint density at radius 3 is 2.74 bits per heavy atom. The van der Waals surface area contributed by atoms with Gasteiger partial charge in [-0.15, -0.1) is 0 Å². The number of anilines is 1. The van der Waals surface area contributed by atoms with E-state index in [1.807, 2.05) is 30.4 Å². The number of hydrogen-bond acceptors (Lipinski definition) is 5. The lowest BCUT2D eigenvalue weighted by atomic mass is 9.90. The molecule has 1 aliphatic carbocycles. The van der Waals surface area contributed by atoms with Crippen LogP contribution < -0.4 is 5.73 Å². The average molecular weight is 443 g/mol. The number of carbonyl (C=O) groups excluding carboxylic acids is 2. The zero-order chi connectivity index (χ0) is 22.5. The number of hydrogen-bond donors (Lipinski definition) is 1. The summed E-state index contributed by atoms with van der Waals surface area (Å²) in [6.45, 7) is 3.35. The van der Waals surface area contributed by atoms with Gasteiger partial charge in [0.25, 0.3) is 5.91 Å². The van der Waals surface area contributed by atoms with Crippen molar-refractivity contribution in [2.24, 2.45) is 0 Å². The van der Waals surface area contributed by atoms with Crippen molar-refractivity contribution in [3.8, 4) is 0 Å². The summed E-state index contributed by atoms with van der Waals surface area (Å²) in [5.41, 5.74) is 9.68. The van der Waals surface area contributed by atoms with Gasteiger partial charge in [-0.05, 0) is 61.3 Å². The van der Waals surface area contributed by atoms with Crippen molar-refractivity contribution in [1.82, 2.24) is 4.90 Å². The maximum Gasteiger partial charge on any atom is 0.303 e. The van der Waals surface area contributed by atoms with E-state index in [1.165, 1.54) is 6.92 Å². The molecule has 2 aliphatic rings. The number of benzene rings is 1. The molecule has 0 aromatic heterocycles. The molecule has 1 aromatic carbocycles. The Labute approximate surface area is 187 Å². The number of halogens is 1. The van der Waals surface area contributed by atoms with Crippen LogP contribution >= 0.6 is 11.6 Å². The third kappa shape index (κ3) is 5.39. The maximum absolute atomic E-state index is 13.1. The molecule has 3 rings (SSSR count). The summed E-state index contributed by atoms with van der Waals surface area (Å²) in [6, 6.07) is 5.05. The summed E-state index contributed by atoms with van der Waals surface area (Å²) in [4.78, 5) is 26.3. The first kappa shape index (κ1) is 22.7. The number of amides is 1. The lowest BCUT2D eigenvalue weighted by Crippen LogP contribution is -2.48. The van der Waals surface area contributed by atoms with Gasteiger partial charge in [0.05, 0.1) is 13.2 Å². The average Bonchev–Trinajstić information content (AvgIpc) is 2.99. The Bertz CT molecular complexity index is 993. The Hall–Kier alpha value is -2.99. The summed E-state index contributed by atoms with van der Waals surface area (Å²) in [6.07, 6.45) is 10.3. The monoisotopic (exact) mass is 442 g/mol. The topological polar surface area (TPSA) is 81.9 Å². The van der Waals surface area contributed by atoms with Crippen LogP contribution in [0, 0.1) is 0 Å². The van der Waals surface area contributed by atoms with Crippen molar-refractivity contribution in [3.05, 3.63) is 70.5 Å². The van der Waals surface area contributed by atoms with Gasteiger partial charge < -0.3 is 20.1 Å². The molecule has 0 radical (unpaired) electrons. The Morgan fingerprint density at radius 2 is 2.03 bits per heavy atom. The fraction of sp³-hybridized carbons (Fsp3) is 0.333. The van der Waals surface area contributed by atoms with Crippen LogP contribution in [0.15, 0.2) is 59.9 Å². The number of rotatable bonds is 5. The van der Waals surface area contributed by atoms with E-state index >= 15 is 0 Å². The number of esters is 1. The largest absolute Gasteiger partial charge is 0.497 e. The number of carbonyl (C=O) groups is 2. The van der Waals surface area contributed by atoms with Gasteiger partial charge in [0.2, 0.25) is 0 Å². The molecule has 1 amide bonds. The first-order valence-corrected chi connectivity index (χ1v) is 10.5. The van der Waals surface area contributed by atoms with E-state index in [4.69, 9.17) is 26.8 Å². The summed E-state index contributed by atoms with van der Waals surface area (Å²) in [5.74, 6) is 0.0319. The van der Waals surface area contributed by atoms with Crippen molar-refractivity contribution in [2.75, 3.05) is 19.4 Å². The molecule has 2 N–H and O–H groups in total. The van der Waals surface area contributed by atoms with Crippen LogP contribution in [0.2, 0.25) is 5.02 Å². The van der Waals surface area contributed by atoms with Gasteiger partial charge in [-0.25, -0.2) is 0 Å². The van der Waals surface area contributed by atoms with Crippen molar-refractivity contribution >= 4 is 34.7 Å². The second-order valence-corrected chi connectivity index (χ2v) is 7.92. The number of nitrogens with two attached hydrogens (primary N) is 1. The van der Waals surface area contributed by atoms with Crippen molar-refractivity contribution in [3.63, 3.8) is 0 Å². The summed E-state index contributed by atoms with van der Waals surface area (Å²) in [7, 11) is 1.62. The fourth-order valence-electron chi connectivity index (χ4n) is 3.83. The molecule has 0 fully saturated rings. The predicted molar refractivity (Wildman–Crippen MR) is 122 cm³/mol. The van der Waals surface area contributed by atoms with E-state index < -0.39 is 12.1 Å². The first-order chi connectivity index (χ1) is 14.8. The molecular weight excluding hydrogens is 416 g/mol. The highest BCUT2D eigenvalue weighted by molar-refractivity contribution is 6.30. The van der Waals surface area contributed by atoms with Crippen LogP contribution in [-0.4, -0.2) is 42.6 Å². The summed E-state index contributed by atoms with van der Waals surface area (Å²) >= 11 is 6.20. The van der Waals surface area contributed by atoms with E-state index in [0.29, 0.717) is 30.1 Å².